The molecule has 0 spiro atoms. The second-order valence-electron chi connectivity index (χ2n) is 9.29. The number of ether oxygens (including phenoxy) is 3. The van der Waals surface area contributed by atoms with Crippen LogP contribution in [0.25, 0.3) is 0 Å². The van der Waals surface area contributed by atoms with Gasteiger partial charge in [-0.3, -0.25) is 19.6 Å². The third kappa shape index (κ3) is 5.70. The Balaban J connectivity index is 1.79. The lowest BCUT2D eigenvalue weighted by molar-refractivity contribution is -0.155. The number of fused-ring (bicyclic) bond motifs is 1. The van der Waals surface area contributed by atoms with Gasteiger partial charge >= 0.3 is 18.0 Å². The van der Waals surface area contributed by atoms with E-state index in [1.807, 2.05) is 0 Å². The quantitative estimate of drug-likeness (QED) is 0.378. The molecular formula is C22H32N4O7S. The average molecular weight is 497 g/mol. The van der Waals surface area contributed by atoms with E-state index in [-0.39, 0.29) is 30.8 Å². The fraction of sp³-hybridized carbons (Fsp3) is 0.727. The molecule has 1 heterocycles. The molecule has 2 amide bonds. The van der Waals surface area contributed by atoms with Crippen LogP contribution in [0.3, 0.4) is 0 Å². The number of rotatable bonds is 8. The van der Waals surface area contributed by atoms with Crippen LogP contribution in [0.2, 0.25) is 0 Å². The minimum Gasteiger partial charge on any atom is -0.466 e. The molecule has 2 N–H and O–H groups in total. The third-order valence-electron chi connectivity index (χ3n) is 5.73. The van der Waals surface area contributed by atoms with E-state index in [9.17, 15) is 19.2 Å². The predicted molar refractivity (Wildman–Crippen MR) is 126 cm³/mol. The van der Waals surface area contributed by atoms with E-state index in [1.54, 1.807) is 40.8 Å². The molecule has 0 radical (unpaired) electrons. The molecule has 3 aliphatic rings. The van der Waals surface area contributed by atoms with E-state index >= 15 is 0 Å². The fourth-order valence-electron chi connectivity index (χ4n) is 4.60. The predicted octanol–water partition coefficient (Wildman–Crippen LogP) is 1.30. The van der Waals surface area contributed by atoms with Crippen molar-refractivity contribution in [2.45, 2.75) is 57.4 Å². The number of hydrogen-bond acceptors (Lipinski definition) is 10. The van der Waals surface area contributed by atoms with Crippen LogP contribution >= 0.6 is 11.8 Å². The maximum atomic E-state index is 13.2. The van der Waals surface area contributed by atoms with Gasteiger partial charge in [-0.1, -0.05) is 0 Å². The standard InChI is InChI=1S/C22H32N4O7S/c1-6-31-18(28)16-15-12(34-14-10-23-11-25-14)8-22(17(15)16,19(29)32-7-2)26-13(27)9-24-20(30)33-21(3,4)5/h10,12,15-17H,6-9,11H2,1-5H3,(H,24,30)(H,26,27)/t12-,15+,16+,17+,22+/m1/s1. The molecule has 5 atom stereocenters. The zero-order valence-corrected chi connectivity index (χ0v) is 20.9. The Morgan fingerprint density at radius 1 is 1.18 bits per heavy atom. The van der Waals surface area contributed by atoms with Crippen LogP contribution in [-0.4, -0.2) is 78.0 Å². The highest BCUT2D eigenvalue weighted by Gasteiger charge is 2.76. The fourth-order valence-corrected chi connectivity index (χ4v) is 6.02. The summed E-state index contributed by atoms with van der Waals surface area (Å²) in [7, 11) is 0. The summed E-state index contributed by atoms with van der Waals surface area (Å²) in [4.78, 5) is 59.1. The van der Waals surface area contributed by atoms with E-state index in [4.69, 9.17) is 14.2 Å². The highest BCUT2D eigenvalue weighted by Crippen LogP contribution is 2.66. The SMILES string of the molecule is CCOC(=O)[C@H]1[C@H]2[C@@H]1[C@](NC(=O)CNC(=O)OC(C)(C)C)(C(=O)OCC)C[C@H]2SC1=NCN=C1. The van der Waals surface area contributed by atoms with Gasteiger partial charge in [-0.15, -0.1) is 11.8 Å². The number of carbonyl (C=O) groups is 4. The number of carbonyl (C=O) groups excluding carboxylic acids is 4. The van der Waals surface area contributed by atoms with E-state index < -0.39 is 53.5 Å². The Kier molecular flexibility index (Phi) is 7.89. The Bertz CT molecular complexity index is 900. The van der Waals surface area contributed by atoms with Gasteiger partial charge in [0.2, 0.25) is 5.91 Å². The normalized spacial score (nSPS) is 29.0. The van der Waals surface area contributed by atoms with E-state index in [2.05, 4.69) is 20.6 Å². The van der Waals surface area contributed by atoms with Gasteiger partial charge in [0.25, 0.3) is 0 Å². The Hall–Kier alpha value is -2.63. The monoisotopic (exact) mass is 496 g/mol. The van der Waals surface area contributed by atoms with E-state index in [1.165, 1.54) is 11.8 Å². The first-order valence-corrected chi connectivity index (χ1v) is 12.2. The number of esters is 2. The van der Waals surface area contributed by atoms with Gasteiger partial charge in [0.15, 0.2) is 0 Å². The Labute approximate surface area is 202 Å². The zero-order valence-electron chi connectivity index (χ0n) is 20.1. The van der Waals surface area contributed by atoms with Crippen molar-refractivity contribution in [1.82, 2.24) is 10.6 Å². The smallest absolute Gasteiger partial charge is 0.408 e. The van der Waals surface area contributed by atoms with Crippen LogP contribution in [0.1, 0.15) is 41.0 Å². The van der Waals surface area contributed by atoms with Crippen molar-refractivity contribution >= 4 is 47.0 Å². The highest BCUT2D eigenvalue weighted by molar-refractivity contribution is 8.16. The molecule has 12 heteroatoms. The lowest BCUT2D eigenvalue weighted by Crippen LogP contribution is -2.59. The Morgan fingerprint density at radius 2 is 1.88 bits per heavy atom. The Morgan fingerprint density at radius 3 is 2.47 bits per heavy atom. The lowest BCUT2D eigenvalue weighted by atomic mass is 9.89. The number of nitrogens with one attached hydrogen (secondary N) is 2. The number of hydrogen-bond donors (Lipinski definition) is 2. The van der Waals surface area contributed by atoms with Crippen molar-refractivity contribution in [3.63, 3.8) is 0 Å². The van der Waals surface area contributed by atoms with Crippen LogP contribution in [0.5, 0.6) is 0 Å². The number of alkyl carbamates (subject to hydrolysis) is 1. The van der Waals surface area contributed by atoms with Gasteiger partial charge in [-0.2, -0.15) is 0 Å². The molecule has 0 aromatic carbocycles. The summed E-state index contributed by atoms with van der Waals surface area (Å²) in [6.45, 7) is 8.80. The largest absolute Gasteiger partial charge is 0.466 e. The van der Waals surface area contributed by atoms with Crippen molar-refractivity contribution in [2.24, 2.45) is 27.7 Å². The van der Waals surface area contributed by atoms with Crippen molar-refractivity contribution in [3.05, 3.63) is 0 Å². The number of amides is 2. The molecule has 2 fully saturated rings. The van der Waals surface area contributed by atoms with Crippen LogP contribution in [-0.2, 0) is 28.6 Å². The highest BCUT2D eigenvalue weighted by atomic mass is 32.2. The molecule has 0 unspecified atom stereocenters. The van der Waals surface area contributed by atoms with Gasteiger partial charge < -0.3 is 24.8 Å². The minimum absolute atomic E-state index is 0.116. The molecule has 34 heavy (non-hydrogen) atoms. The van der Waals surface area contributed by atoms with Gasteiger partial charge in [-0.25, -0.2) is 9.59 Å². The van der Waals surface area contributed by atoms with Crippen LogP contribution in [0.15, 0.2) is 9.98 Å². The topological polar surface area (TPSA) is 145 Å². The van der Waals surface area contributed by atoms with Crippen molar-refractivity contribution in [2.75, 3.05) is 26.4 Å². The second kappa shape index (κ2) is 10.3. The summed E-state index contributed by atoms with van der Waals surface area (Å²) in [5.41, 5.74) is -2.14. The summed E-state index contributed by atoms with van der Waals surface area (Å²) in [6, 6.07) is 0. The minimum atomic E-state index is -1.42. The van der Waals surface area contributed by atoms with Crippen LogP contribution in [0.4, 0.5) is 4.79 Å². The summed E-state index contributed by atoms with van der Waals surface area (Å²) < 4.78 is 15.7. The third-order valence-corrected chi connectivity index (χ3v) is 6.99. The summed E-state index contributed by atoms with van der Waals surface area (Å²) in [5.74, 6) is -2.81. The van der Waals surface area contributed by atoms with Gasteiger partial charge in [0.05, 0.1) is 25.3 Å². The zero-order chi connectivity index (χ0) is 25.1. The molecule has 1 aliphatic heterocycles. The molecule has 2 aliphatic carbocycles. The first-order valence-electron chi connectivity index (χ1n) is 11.3. The molecule has 0 bridgehead atoms. The first-order chi connectivity index (χ1) is 16.0. The first kappa shape index (κ1) is 26.0. The van der Waals surface area contributed by atoms with Crippen molar-refractivity contribution in [3.8, 4) is 0 Å². The molecule has 11 nitrogen and oxygen atoms in total. The molecule has 0 saturated heterocycles. The van der Waals surface area contributed by atoms with Crippen LogP contribution < -0.4 is 10.6 Å². The molecule has 0 aromatic rings. The number of nitrogens with zero attached hydrogens (tertiary/aromatic N) is 2. The molecule has 0 aromatic heterocycles. The van der Waals surface area contributed by atoms with E-state index in [0.717, 1.165) is 5.04 Å². The molecule has 3 rings (SSSR count). The molecule has 2 saturated carbocycles. The van der Waals surface area contributed by atoms with Crippen LogP contribution in [0, 0.1) is 17.8 Å². The van der Waals surface area contributed by atoms with Gasteiger partial charge in [0, 0.05) is 11.2 Å². The van der Waals surface area contributed by atoms with Crippen molar-refractivity contribution < 1.29 is 33.4 Å². The van der Waals surface area contributed by atoms with Gasteiger partial charge in [-0.05, 0) is 47.0 Å². The van der Waals surface area contributed by atoms with Gasteiger partial charge in [0.1, 0.15) is 29.4 Å². The number of thioether (sulfide) groups is 1. The summed E-state index contributed by atoms with van der Waals surface area (Å²) in [6.07, 6.45) is 1.17. The number of aliphatic imine (C=N–C) groups is 2. The average Bonchev–Trinajstić information content (AvgIpc) is 3.13. The maximum absolute atomic E-state index is 13.2. The summed E-state index contributed by atoms with van der Waals surface area (Å²) >= 11 is 1.44. The lowest BCUT2D eigenvalue weighted by Gasteiger charge is -2.32. The maximum Gasteiger partial charge on any atom is 0.408 e. The molecular weight excluding hydrogens is 464 g/mol. The van der Waals surface area contributed by atoms with Crippen molar-refractivity contribution in [1.29, 1.82) is 0 Å². The second-order valence-corrected chi connectivity index (χ2v) is 10.5. The summed E-state index contributed by atoms with van der Waals surface area (Å²) in [5, 5.41) is 5.73. The van der Waals surface area contributed by atoms with E-state index in [0.29, 0.717) is 6.67 Å². The molecule has 188 valence electrons.